The molecule has 0 bridgehead atoms. The number of carbonyl (C=O) groups excluding carboxylic acids is 3. The van der Waals surface area contributed by atoms with Crippen molar-refractivity contribution < 1.29 is 28.6 Å². The molecule has 1 amide bonds. The standard InChI is InChI=1S/C16H24N2O6S2/c1-8(6-17)25-14-9(18-11(19)10(22-5)12(18)26-14)13(20)23-7-24-15(21)16(2,3)4/h8,10,12H,6-7,17H2,1-5H3/t8?,10?,12-/m0/s1. The van der Waals surface area contributed by atoms with Crippen LogP contribution in [-0.2, 0) is 28.6 Å². The van der Waals surface area contributed by atoms with Gasteiger partial charge in [-0.15, -0.1) is 11.8 Å². The van der Waals surface area contributed by atoms with Gasteiger partial charge in [0.2, 0.25) is 6.79 Å². The summed E-state index contributed by atoms with van der Waals surface area (Å²) in [7, 11) is 1.46. The first-order chi connectivity index (χ1) is 12.1. The van der Waals surface area contributed by atoms with E-state index < -0.39 is 30.3 Å². The van der Waals surface area contributed by atoms with E-state index in [9.17, 15) is 14.4 Å². The van der Waals surface area contributed by atoms with Gasteiger partial charge in [-0.2, -0.15) is 0 Å². The summed E-state index contributed by atoms with van der Waals surface area (Å²) in [6.07, 6.45) is -0.590. The minimum atomic E-state index is -0.712. The summed E-state index contributed by atoms with van der Waals surface area (Å²) in [5.74, 6) is -1.49. The van der Waals surface area contributed by atoms with Gasteiger partial charge in [0.1, 0.15) is 5.37 Å². The summed E-state index contributed by atoms with van der Waals surface area (Å²) in [5.41, 5.74) is 5.12. The fourth-order valence-electron chi connectivity index (χ4n) is 2.19. The van der Waals surface area contributed by atoms with Crippen LogP contribution in [0, 0.1) is 5.41 Å². The first kappa shape index (κ1) is 21.1. The molecular weight excluding hydrogens is 380 g/mol. The Morgan fingerprint density at radius 3 is 2.54 bits per heavy atom. The van der Waals surface area contributed by atoms with Crippen molar-refractivity contribution in [2.75, 3.05) is 20.4 Å². The smallest absolute Gasteiger partial charge is 0.359 e. The van der Waals surface area contributed by atoms with Crippen LogP contribution in [0.15, 0.2) is 9.93 Å². The van der Waals surface area contributed by atoms with Crippen molar-refractivity contribution in [3.05, 3.63) is 9.93 Å². The van der Waals surface area contributed by atoms with E-state index in [1.165, 1.54) is 35.5 Å². The fraction of sp³-hybridized carbons (Fsp3) is 0.688. The van der Waals surface area contributed by atoms with Gasteiger partial charge in [-0.25, -0.2) is 4.79 Å². The zero-order valence-electron chi connectivity index (χ0n) is 15.4. The molecule has 2 aliphatic rings. The number of β-lactam (4-membered cyclic amide) rings is 1. The molecule has 0 aromatic heterocycles. The van der Waals surface area contributed by atoms with Gasteiger partial charge in [0.25, 0.3) is 5.91 Å². The fourth-order valence-corrected chi connectivity index (χ4v) is 5.13. The molecule has 0 spiro atoms. The second-order valence-corrected chi connectivity index (χ2v) is 9.74. The van der Waals surface area contributed by atoms with E-state index in [1.54, 1.807) is 20.8 Å². The van der Waals surface area contributed by atoms with Crippen LogP contribution in [0.1, 0.15) is 27.7 Å². The minimum absolute atomic E-state index is 0.0637. The summed E-state index contributed by atoms with van der Waals surface area (Å²) >= 11 is 2.79. The molecule has 8 nitrogen and oxygen atoms in total. The molecule has 2 aliphatic heterocycles. The molecule has 1 fully saturated rings. The van der Waals surface area contributed by atoms with Crippen molar-refractivity contribution in [2.24, 2.45) is 11.1 Å². The van der Waals surface area contributed by atoms with Gasteiger partial charge in [0.15, 0.2) is 11.8 Å². The molecule has 3 atom stereocenters. The number of amides is 1. The van der Waals surface area contributed by atoms with E-state index in [2.05, 4.69) is 0 Å². The number of fused-ring (bicyclic) bond motifs is 1. The van der Waals surface area contributed by atoms with Gasteiger partial charge in [0.05, 0.1) is 9.65 Å². The molecule has 146 valence electrons. The van der Waals surface area contributed by atoms with Crippen LogP contribution >= 0.6 is 23.5 Å². The van der Waals surface area contributed by atoms with Crippen LogP contribution in [0.4, 0.5) is 0 Å². The molecule has 2 rings (SSSR count). The topological polar surface area (TPSA) is 108 Å². The lowest BCUT2D eigenvalue weighted by atomic mass is 9.98. The maximum atomic E-state index is 12.5. The lowest BCUT2D eigenvalue weighted by Gasteiger charge is -2.40. The van der Waals surface area contributed by atoms with Crippen molar-refractivity contribution in [1.29, 1.82) is 0 Å². The summed E-state index contributed by atoms with van der Waals surface area (Å²) in [6.45, 7) is 6.94. The molecule has 0 radical (unpaired) electrons. The summed E-state index contributed by atoms with van der Waals surface area (Å²) in [4.78, 5) is 37.9. The predicted octanol–water partition coefficient (Wildman–Crippen LogP) is 1.26. The SMILES string of the molecule is COC1C(=O)N2C(C(=O)OCOC(=O)C(C)(C)C)=C(SC(C)CN)S[C@@H]12. The second kappa shape index (κ2) is 8.20. The van der Waals surface area contributed by atoms with Crippen LogP contribution in [0.2, 0.25) is 0 Å². The van der Waals surface area contributed by atoms with E-state index in [0.29, 0.717) is 10.8 Å². The normalized spacial score (nSPS) is 23.5. The van der Waals surface area contributed by atoms with Crippen molar-refractivity contribution in [1.82, 2.24) is 4.90 Å². The highest BCUT2D eigenvalue weighted by molar-refractivity contribution is 8.23. The van der Waals surface area contributed by atoms with E-state index in [4.69, 9.17) is 19.9 Å². The predicted molar refractivity (Wildman–Crippen MR) is 98.7 cm³/mol. The second-order valence-electron chi connectivity index (χ2n) is 6.90. The number of thioether (sulfide) groups is 2. The molecule has 1 saturated heterocycles. The Labute approximate surface area is 161 Å². The monoisotopic (exact) mass is 404 g/mol. The summed E-state index contributed by atoms with van der Waals surface area (Å²) < 4.78 is 15.9. The van der Waals surface area contributed by atoms with E-state index >= 15 is 0 Å². The average Bonchev–Trinajstić information content (AvgIpc) is 2.88. The highest BCUT2D eigenvalue weighted by Crippen LogP contribution is 2.52. The third kappa shape index (κ3) is 4.19. The molecular formula is C16H24N2O6S2. The van der Waals surface area contributed by atoms with Crippen LogP contribution < -0.4 is 5.73 Å². The highest BCUT2D eigenvalue weighted by atomic mass is 32.2. The molecule has 2 unspecified atom stereocenters. The molecule has 2 heterocycles. The Hall–Kier alpha value is -1.23. The van der Waals surface area contributed by atoms with Gasteiger partial charge >= 0.3 is 11.9 Å². The first-order valence-corrected chi connectivity index (χ1v) is 9.85. The molecule has 10 heteroatoms. The Kier molecular flexibility index (Phi) is 6.65. The Morgan fingerprint density at radius 1 is 1.35 bits per heavy atom. The van der Waals surface area contributed by atoms with E-state index in [1.807, 2.05) is 6.92 Å². The van der Waals surface area contributed by atoms with E-state index in [0.717, 1.165) is 0 Å². The lowest BCUT2D eigenvalue weighted by Crippen LogP contribution is -2.62. The molecule has 0 aromatic carbocycles. The maximum Gasteiger partial charge on any atom is 0.359 e. The molecule has 0 aromatic rings. The van der Waals surface area contributed by atoms with Gasteiger partial charge in [-0.05, 0) is 20.8 Å². The van der Waals surface area contributed by atoms with Gasteiger partial charge in [-0.1, -0.05) is 18.7 Å². The number of nitrogens with two attached hydrogens (primary N) is 1. The number of hydrogen-bond acceptors (Lipinski definition) is 9. The highest BCUT2D eigenvalue weighted by Gasteiger charge is 2.57. The molecule has 26 heavy (non-hydrogen) atoms. The third-order valence-corrected chi connectivity index (χ3v) is 6.42. The number of esters is 2. The number of hydrogen-bond donors (Lipinski definition) is 1. The number of carbonyl (C=O) groups is 3. The van der Waals surface area contributed by atoms with Crippen molar-refractivity contribution >= 4 is 41.4 Å². The summed E-state index contributed by atoms with van der Waals surface area (Å²) in [5, 5.41) is -0.228. The number of nitrogens with zero attached hydrogens (tertiary/aromatic N) is 1. The van der Waals surface area contributed by atoms with Gasteiger partial charge in [-0.3, -0.25) is 14.5 Å². The Balaban J connectivity index is 2.08. The number of methoxy groups -OCH3 is 1. The number of ether oxygens (including phenoxy) is 3. The van der Waals surface area contributed by atoms with Crippen molar-refractivity contribution in [3.8, 4) is 0 Å². The lowest BCUT2D eigenvalue weighted by molar-refractivity contribution is -0.175. The van der Waals surface area contributed by atoms with Gasteiger partial charge in [0, 0.05) is 18.9 Å². The Morgan fingerprint density at radius 2 is 2.00 bits per heavy atom. The summed E-state index contributed by atoms with van der Waals surface area (Å²) in [6, 6.07) is 0. The number of rotatable bonds is 7. The zero-order chi connectivity index (χ0) is 19.6. The largest absolute Gasteiger partial charge is 0.427 e. The maximum absolute atomic E-state index is 12.5. The van der Waals surface area contributed by atoms with Crippen molar-refractivity contribution in [2.45, 2.75) is 44.4 Å². The molecule has 0 saturated carbocycles. The molecule has 0 aliphatic carbocycles. The van der Waals surface area contributed by atoms with E-state index in [-0.39, 0.29) is 22.2 Å². The average molecular weight is 405 g/mol. The Bertz CT molecular complexity index is 631. The van der Waals surface area contributed by atoms with Crippen LogP contribution in [0.5, 0.6) is 0 Å². The zero-order valence-corrected chi connectivity index (χ0v) is 17.1. The van der Waals surface area contributed by atoms with Gasteiger partial charge < -0.3 is 19.9 Å². The first-order valence-electron chi connectivity index (χ1n) is 8.09. The minimum Gasteiger partial charge on any atom is -0.427 e. The quantitative estimate of drug-likeness (QED) is 0.381. The van der Waals surface area contributed by atoms with Crippen LogP contribution in [-0.4, -0.2) is 59.9 Å². The third-order valence-electron chi connectivity index (χ3n) is 3.74. The van der Waals surface area contributed by atoms with Crippen LogP contribution in [0.25, 0.3) is 0 Å². The van der Waals surface area contributed by atoms with Crippen molar-refractivity contribution in [3.63, 3.8) is 0 Å². The van der Waals surface area contributed by atoms with Crippen LogP contribution in [0.3, 0.4) is 0 Å². The molecule has 2 N–H and O–H groups in total.